The van der Waals surface area contributed by atoms with Crippen molar-refractivity contribution in [3.8, 4) is 11.4 Å². The van der Waals surface area contributed by atoms with Crippen LogP contribution in [0.2, 0.25) is 0 Å². The average Bonchev–Trinajstić information content (AvgIpc) is 3.35. The molecule has 1 fully saturated rings. The topological polar surface area (TPSA) is 90.6 Å². The number of likely N-dealkylation sites (tertiary alicyclic amines) is 1. The maximum absolute atomic E-state index is 12.6. The Bertz CT molecular complexity index is 795. The van der Waals surface area contributed by atoms with E-state index in [1.165, 1.54) is 0 Å². The van der Waals surface area contributed by atoms with Gasteiger partial charge in [0.1, 0.15) is 11.5 Å². The number of nitrogens with one attached hydrogen (secondary N) is 2. The van der Waals surface area contributed by atoms with Crippen LogP contribution in [0.1, 0.15) is 35.2 Å². The maximum Gasteiger partial charge on any atom is 0.272 e. The van der Waals surface area contributed by atoms with Crippen LogP contribution in [0, 0.1) is 0 Å². The quantitative estimate of drug-likeness (QED) is 0.776. The highest BCUT2D eigenvalue weighted by Gasteiger charge is 2.33. The molecule has 0 radical (unpaired) electrons. The van der Waals surface area contributed by atoms with Gasteiger partial charge >= 0.3 is 0 Å². The van der Waals surface area contributed by atoms with Crippen molar-refractivity contribution in [1.29, 1.82) is 0 Å². The van der Waals surface area contributed by atoms with E-state index in [1.807, 2.05) is 35.2 Å². The molecule has 0 aliphatic carbocycles. The fourth-order valence-corrected chi connectivity index (χ4v) is 2.96. The van der Waals surface area contributed by atoms with E-state index >= 15 is 0 Å². The van der Waals surface area contributed by atoms with E-state index in [1.54, 1.807) is 12.3 Å². The number of carbonyl (C=O) groups is 1. The third-order valence-electron chi connectivity index (χ3n) is 4.10. The van der Waals surface area contributed by atoms with Crippen LogP contribution in [0.3, 0.4) is 0 Å². The summed E-state index contributed by atoms with van der Waals surface area (Å²) in [6.45, 7) is 0.712. The molecule has 2 N–H and O–H groups in total. The molecule has 7 heteroatoms. The van der Waals surface area contributed by atoms with Gasteiger partial charge in [0.15, 0.2) is 5.82 Å². The van der Waals surface area contributed by atoms with Crippen LogP contribution in [-0.4, -0.2) is 42.7 Å². The van der Waals surface area contributed by atoms with Crippen LogP contribution < -0.4 is 0 Å². The number of benzene rings is 1. The van der Waals surface area contributed by atoms with Gasteiger partial charge in [-0.1, -0.05) is 30.3 Å². The lowest BCUT2D eigenvalue weighted by Gasteiger charge is -2.22. The largest absolute Gasteiger partial charge is 0.327 e. The summed E-state index contributed by atoms with van der Waals surface area (Å²) in [5.41, 5.74) is 1.46. The molecule has 3 aromatic rings. The van der Waals surface area contributed by atoms with E-state index in [9.17, 15) is 4.79 Å². The zero-order valence-electron chi connectivity index (χ0n) is 12.4. The molecule has 1 aliphatic heterocycles. The van der Waals surface area contributed by atoms with Crippen molar-refractivity contribution in [1.82, 2.24) is 30.3 Å². The number of amides is 1. The van der Waals surface area contributed by atoms with Crippen LogP contribution in [0.15, 0.2) is 42.6 Å². The molecule has 7 nitrogen and oxygen atoms in total. The lowest BCUT2D eigenvalue weighted by Crippen LogP contribution is -2.31. The minimum Gasteiger partial charge on any atom is -0.327 e. The molecule has 4 rings (SSSR count). The van der Waals surface area contributed by atoms with Crippen molar-refractivity contribution < 1.29 is 4.79 Å². The van der Waals surface area contributed by atoms with Gasteiger partial charge in [-0.2, -0.15) is 10.2 Å². The van der Waals surface area contributed by atoms with E-state index in [-0.39, 0.29) is 11.9 Å². The van der Waals surface area contributed by atoms with E-state index < -0.39 is 0 Å². The monoisotopic (exact) mass is 308 g/mol. The molecule has 116 valence electrons. The Balaban J connectivity index is 1.60. The maximum atomic E-state index is 12.6. The van der Waals surface area contributed by atoms with Gasteiger partial charge < -0.3 is 4.90 Å². The molecular weight excluding hydrogens is 292 g/mol. The fourth-order valence-electron chi connectivity index (χ4n) is 2.96. The Morgan fingerprint density at radius 1 is 1.17 bits per heavy atom. The van der Waals surface area contributed by atoms with Crippen LogP contribution in [0.5, 0.6) is 0 Å². The first-order valence-electron chi connectivity index (χ1n) is 7.61. The molecule has 1 atom stereocenters. The number of hydrogen-bond acceptors (Lipinski definition) is 4. The minimum atomic E-state index is -0.0734. The van der Waals surface area contributed by atoms with E-state index in [0.29, 0.717) is 18.1 Å². The van der Waals surface area contributed by atoms with Crippen LogP contribution in [0.4, 0.5) is 0 Å². The third kappa shape index (κ3) is 2.50. The van der Waals surface area contributed by atoms with Gasteiger partial charge in [-0.3, -0.25) is 15.0 Å². The van der Waals surface area contributed by atoms with Crippen molar-refractivity contribution in [2.45, 2.75) is 18.9 Å². The molecule has 0 saturated carbocycles. The summed E-state index contributed by atoms with van der Waals surface area (Å²) in [6.07, 6.45) is 3.41. The zero-order valence-corrected chi connectivity index (χ0v) is 12.4. The number of aromatic amines is 2. The highest BCUT2D eigenvalue weighted by Crippen LogP contribution is 2.31. The molecule has 0 spiro atoms. The van der Waals surface area contributed by atoms with Crippen molar-refractivity contribution in [2.75, 3.05) is 6.54 Å². The molecule has 1 amide bonds. The van der Waals surface area contributed by atoms with Crippen molar-refractivity contribution >= 4 is 5.91 Å². The molecule has 1 aromatic carbocycles. The minimum absolute atomic E-state index is 0.0531. The van der Waals surface area contributed by atoms with E-state index in [0.717, 1.165) is 24.2 Å². The van der Waals surface area contributed by atoms with Crippen LogP contribution in [0.25, 0.3) is 11.4 Å². The van der Waals surface area contributed by atoms with Gasteiger partial charge in [0.25, 0.3) is 5.91 Å². The van der Waals surface area contributed by atoms with Gasteiger partial charge in [0.2, 0.25) is 0 Å². The summed E-state index contributed by atoms with van der Waals surface area (Å²) < 4.78 is 0. The summed E-state index contributed by atoms with van der Waals surface area (Å²) >= 11 is 0. The second-order valence-corrected chi connectivity index (χ2v) is 5.54. The predicted molar refractivity (Wildman–Crippen MR) is 83.4 cm³/mol. The molecular formula is C16H16N6O. The SMILES string of the molecule is O=C(c1ccn[nH]1)N1CCC[C@@H]1c1nc(-c2ccccc2)n[nH]1. The number of H-pyrrole nitrogens is 2. The van der Waals surface area contributed by atoms with Gasteiger partial charge in [0.05, 0.1) is 6.04 Å². The van der Waals surface area contributed by atoms with E-state index in [4.69, 9.17) is 0 Å². The molecule has 1 saturated heterocycles. The lowest BCUT2D eigenvalue weighted by molar-refractivity contribution is 0.0724. The first-order valence-corrected chi connectivity index (χ1v) is 7.61. The average molecular weight is 308 g/mol. The first-order chi connectivity index (χ1) is 11.3. The highest BCUT2D eigenvalue weighted by atomic mass is 16.2. The third-order valence-corrected chi connectivity index (χ3v) is 4.10. The summed E-state index contributed by atoms with van der Waals surface area (Å²) in [6, 6.07) is 11.4. The number of carbonyl (C=O) groups excluding carboxylic acids is 1. The first kappa shape index (κ1) is 13.7. The summed E-state index contributed by atoms with van der Waals surface area (Å²) in [7, 11) is 0. The number of hydrogen-bond donors (Lipinski definition) is 2. The molecule has 2 aromatic heterocycles. The lowest BCUT2D eigenvalue weighted by atomic mass is 10.2. The molecule has 23 heavy (non-hydrogen) atoms. The van der Waals surface area contributed by atoms with Crippen molar-refractivity contribution in [2.24, 2.45) is 0 Å². The number of rotatable bonds is 3. The predicted octanol–water partition coefficient (Wildman–Crippen LogP) is 2.17. The fraction of sp³-hybridized carbons (Fsp3) is 0.250. The molecule has 1 aliphatic rings. The Hall–Kier alpha value is -2.96. The Morgan fingerprint density at radius 3 is 2.83 bits per heavy atom. The van der Waals surface area contributed by atoms with Crippen molar-refractivity contribution in [3.05, 3.63) is 54.1 Å². The summed E-state index contributed by atoms with van der Waals surface area (Å²) in [5.74, 6) is 1.33. The second-order valence-electron chi connectivity index (χ2n) is 5.54. The Morgan fingerprint density at radius 2 is 2.04 bits per heavy atom. The Kier molecular flexibility index (Phi) is 3.38. The Labute approximate surface area is 132 Å². The summed E-state index contributed by atoms with van der Waals surface area (Å²) in [4.78, 5) is 19.0. The normalized spacial score (nSPS) is 17.6. The zero-order chi connectivity index (χ0) is 15.6. The standard InChI is InChI=1S/C16H16N6O/c23-16(12-8-9-17-19-12)22-10-4-7-13(22)15-18-14(20-21-15)11-5-2-1-3-6-11/h1-3,5-6,8-9,13H,4,7,10H2,(H,17,19)(H,18,20,21)/t13-/m1/s1. The molecule has 0 unspecified atom stereocenters. The molecule has 3 heterocycles. The van der Waals surface area contributed by atoms with Crippen LogP contribution >= 0.6 is 0 Å². The summed E-state index contributed by atoms with van der Waals surface area (Å²) in [5, 5.41) is 13.9. The smallest absolute Gasteiger partial charge is 0.272 e. The molecule has 0 bridgehead atoms. The van der Waals surface area contributed by atoms with Gasteiger partial charge in [0, 0.05) is 18.3 Å². The van der Waals surface area contributed by atoms with Gasteiger partial charge in [-0.25, -0.2) is 4.98 Å². The van der Waals surface area contributed by atoms with Gasteiger partial charge in [-0.15, -0.1) is 0 Å². The van der Waals surface area contributed by atoms with E-state index in [2.05, 4.69) is 25.4 Å². The second kappa shape index (κ2) is 5.68. The van der Waals surface area contributed by atoms with Crippen molar-refractivity contribution in [3.63, 3.8) is 0 Å². The number of aromatic nitrogens is 5. The van der Waals surface area contributed by atoms with Crippen LogP contribution in [-0.2, 0) is 0 Å². The van der Waals surface area contributed by atoms with Gasteiger partial charge in [-0.05, 0) is 18.9 Å². The number of nitrogens with zero attached hydrogens (tertiary/aromatic N) is 4. The highest BCUT2D eigenvalue weighted by molar-refractivity contribution is 5.92.